The molecule has 6 nitrogen and oxygen atoms in total. The molecule has 0 saturated heterocycles. The van der Waals surface area contributed by atoms with Crippen molar-refractivity contribution >= 4 is 5.91 Å². The van der Waals surface area contributed by atoms with E-state index in [1.807, 2.05) is 6.92 Å². The van der Waals surface area contributed by atoms with Crippen LogP contribution in [0, 0.1) is 13.8 Å². The number of alkyl halides is 3. The maximum absolute atomic E-state index is 13.0. The first-order chi connectivity index (χ1) is 15.1. The summed E-state index contributed by atoms with van der Waals surface area (Å²) in [5.41, 5.74) is 1.41. The zero-order valence-corrected chi connectivity index (χ0v) is 18.0. The number of carbonyl (C=O) groups excluding carboxylic acids is 1. The molecule has 9 heteroatoms. The molecule has 1 heterocycles. The molecule has 1 aromatic heterocycles. The average Bonchev–Trinajstić information content (AvgIpc) is 3.08. The maximum atomic E-state index is 13.0. The highest BCUT2D eigenvalue weighted by atomic mass is 19.4. The number of halogens is 3. The van der Waals surface area contributed by atoms with Gasteiger partial charge in [0.05, 0.1) is 30.0 Å². The quantitative estimate of drug-likeness (QED) is 0.525. The fourth-order valence-corrected chi connectivity index (χ4v) is 3.13. The van der Waals surface area contributed by atoms with Gasteiger partial charge in [-0.05, 0) is 56.7 Å². The number of aryl methyl sites for hydroxylation is 2. The summed E-state index contributed by atoms with van der Waals surface area (Å²) in [6.45, 7) is 5.43. The first kappa shape index (κ1) is 23.2. The number of amides is 1. The molecular weight excluding hydrogens is 425 g/mol. The smallest absolute Gasteiger partial charge is 0.416 e. The van der Waals surface area contributed by atoms with Gasteiger partial charge in [0.15, 0.2) is 11.5 Å². The van der Waals surface area contributed by atoms with Gasteiger partial charge >= 0.3 is 6.18 Å². The number of benzene rings is 2. The number of nitrogens with one attached hydrogen (secondary N) is 1. The van der Waals surface area contributed by atoms with Crippen molar-refractivity contribution in [3.8, 4) is 11.5 Å². The summed E-state index contributed by atoms with van der Waals surface area (Å²) in [4.78, 5) is 12.7. The van der Waals surface area contributed by atoms with Crippen molar-refractivity contribution in [3.05, 3.63) is 76.2 Å². The normalized spacial score (nSPS) is 12.3. The van der Waals surface area contributed by atoms with Gasteiger partial charge in [-0.15, -0.1) is 0 Å². The third-order valence-electron chi connectivity index (χ3n) is 5.04. The van der Waals surface area contributed by atoms with Gasteiger partial charge in [0, 0.05) is 5.56 Å². The lowest BCUT2D eigenvalue weighted by molar-refractivity contribution is -0.137. The third-order valence-corrected chi connectivity index (χ3v) is 5.04. The molecule has 170 valence electrons. The zero-order chi connectivity index (χ0) is 23.5. The Labute approximate surface area is 183 Å². The number of nitrogens with zero attached hydrogens (tertiary/aromatic N) is 1. The van der Waals surface area contributed by atoms with Crippen LogP contribution in [0.25, 0.3) is 0 Å². The van der Waals surface area contributed by atoms with Gasteiger partial charge in [-0.25, -0.2) is 0 Å². The Bertz CT molecular complexity index is 1090. The molecule has 0 bridgehead atoms. The monoisotopic (exact) mass is 448 g/mol. The minimum atomic E-state index is -4.45. The largest absolute Gasteiger partial charge is 0.493 e. The van der Waals surface area contributed by atoms with Gasteiger partial charge < -0.3 is 19.3 Å². The van der Waals surface area contributed by atoms with Crippen molar-refractivity contribution in [1.82, 2.24) is 10.5 Å². The molecule has 0 fully saturated rings. The first-order valence-electron chi connectivity index (χ1n) is 9.80. The van der Waals surface area contributed by atoms with Gasteiger partial charge in [0.2, 0.25) is 0 Å². The van der Waals surface area contributed by atoms with Crippen molar-refractivity contribution in [3.63, 3.8) is 0 Å². The molecule has 0 saturated carbocycles. The molecular formula is C23H23F3N2O4. The van der Waals surface area contributed by atoms with Crippen LogP contribution in [0.5, 0.6) is 11.5 Å². The second kappa shape index (κ2) is 9.33. The minimum absolute atomic E-state index is 0.218. The van der Waals surface area contributed by atoms with Gasteiger partial charge in [0.25, 0.3) is 5.91 Å². The second-order valence-corrected chi connectivity index (χ2v) is 7.28. The fourth-order valence-electron chi connectivity index (χ4n) is 3.13. The van der Waals surface area contributed by atoms with E-state index in [4.69, 9.17) is 14.0 Å². The van der Waals surface area contributed by atoms with Crippen LogP contribution < -0.4 is 14.8 Å². The number of rotatable bonds is 7. The Hall–Kier alpha value is -3.49. The Morgan fingerprint density at radius 1 is 1.16 bits per heavy atom. The number of aromatic nitrogens is 1. The lowest BCUT2D eigenvalue weighted by Crippen LogP contribution is -2.26. The van der Waals surface area contributed by atoms with E-state index in [9.17, 15) is 18.0 Å². The Morgan fingerprint density at radius 2 is 1.91 bits per heavy atom. The van der Waals surface area contributed by atoms with E-state index >= 15 is 0 Å². The summed E-state index contributed by atoms with van der Waals surface area (Å²) in [5.74, 6) is 0.970. The molecule has 3 aromatic rings. The highest BCUT2D eigenvalue weighted by Gasteiger charge is 2.30. The van der Waals surface area contributed by atoms with Crippen LogP contribution >= 0.6 is 0 Å². The Morgan fingerprint density at radius 3 is 2.53 bits per heavy atom. The number of methoxy groups -OCH3 is 1. The van der Waals surface area contributed by atoms with Crippen LogP contribution in [0.2, 0.25) is 0 Å². The van der Waals surface area contributed by atoms with E-state index in [-0.39, 0.29) is 12.2 Å². The van der Waals surface area contributed by atoms with Crippen LogP contribution in [0.4, 0.5) is 13.2 Å². The minimum Gasteiger partial charge on any atom is -0.493 e. The molecule has 0 aliphatic carbocycles. The van der Waals surface area contributed by atoms with Crippen molar-refractivity contribution < 1.29 is 32.0 Å². The number of ether oxygens (including phenoxy) is 2. The van der Waals surface area contributed by atoms with E-state index in [0.29, 0.717) is 22.8 Å². The van der Waals surface area contributed by atoms with Gasteiger partial charge in [-0.2, -0.15) is 13.2 Å². The molecule has 2 aromatic carbocycles. The summed E-state index contributed by atoms with van der Waals surface area (Å²) >= 11 is 0. The SMILES string of the molecule is COc1cc(C(=O)N[C@@H](C)c2cccc(C(F)(F)F)c2)ccc1OCc1c(C)noc1C. The molecule has 0 unspecified atom stereocenters. The van der Waals surface area contributed by atoms with E-state index in [0.717, 1.165) is 23.4 Å². The highest BCUT2D eigenvalue weighted by molar-refractivity contribution is 5.95. The highest BCUT2D eigenvalue weighted by Crippen LogP contribution is 2.32. The summed E-state index contributed by atoms with van der Waals surface area (Å²) in [6.07, 6.45) is -4.45. The fraction of sp³-hybridized carbons (Fsp3) is 0.304. The summed E-state index contributed by atoms with van der Waals surface area (Å²) in [5, 5.41) is 6.59. The summed E-state index contributed by atoms with van der Waals surface area (Å²) < 4.78 is 55.1. The molecule has 1 atom stereocenters. The topological polar surface area (TPSA) is 73.6 Å². The van der Waals surface area contributed by atoms with E-state index in [1.54, 1.807) is 26.0 Å². The average molecular weight is 448 g/mol. The Balaban J connectivity index is 1.72. The molecule has 0 spiro atoms. The van der Waals surface area contributed by atoms with Crippen LogP contribution in [0.15, 0.2) is 47.0 Å². The first-order valence-corrected chi connectivity index (χ1v) is 9.80. The molecule has 0 aliphatic rings. The molecule has 32 heavy (non-hydrogen) atoms. The maximum Gasteiger partial charge on any atom is 0.416 e. The lowest BCUT2D eigenvalue weighted by Gasteiger charge is -2.17. The van der Waals surface area contributed by atoms with Gasteiger partial charge in [-0.1, -0.05) is 17.3 Å². The van der Waals surface area contributed by atoms with Crippen LogP contribution in [0.3, 0.4) is 0 Å². The predicted molar refractivity (Wildman–Crippen MR) is 111 cm³/mol. The summed E-state index contributed by atoms with van der Waals surface area (Å²) in [6, 6.07) is 8.89. The third kappa shape index (κ3) is 5.22. The number of carbonyl (C=O) groups is 1. The van der Waals surface area contributed by atoms with Crippen LogP contribution in [-0.4, -0.2) is 18.2 Å². The molecule has 1 N–H and O–H groups in total. The molecule has 1 amide bonds. The Kier molecular flexibility index (Phi) is 6.76. The van der Waals surface area contributed by atoms with Crippen molar-refractivity contribution in [2.24, 2.45) is 0 Å². The van der Waals surface area contributed by atoms with E-state index in [1.165, 1.54) is 25.3 Å². The molecule has 0 radical (unpaired) electrons. The van der Waals surface area contributed by atoms with Crippen molar-refractivity contribution in [2.75, 3.05) is 7.11 Å². The van der Waals surface area contributed by atoms with E-state index in [2.05, 4.69) is 10.5 Å². The predicted octanol–water partition coefficient (Wildman–Crippen LogP) is 5.39. The molecule has 0 aliphatic heterocycles. The van der Waals surface area contributed by atoms with E-state index < -0.39 is 23.7 Å². The standard InChI is InChI=1S/C23H23F3N2O4/c1-13(16-6-5-7-18(10-16)23(24,25)26)27-22(29)17-8-9-20(21(11-17)30-4)31-12-19-14(2)28-32-15(19)3/h5-11,13H,12H2,1-4H3,(H,27,29)/t13-/m0/s1. The van der Waals surface area contributed by atoms with Crippen LogP contribution in [-0.2, 0) is 12.8 Å². The number of hydrogen-bond acceptors (Lipinski definition) is 5. The second-order valence-electron chi connectivity index (χ2n) is 7.28. The van der Waals surface area contributed by atoms with Gasteiger partial charge in [-0.3, -0.25) is 4.79 Å². The zero-order valence-electron chi connectivity index (χ0n) is 18.0. The van der Waals surface area contributed by atoms with Crippen LogP contribution in [0.1, 0.15) is 51.5 Å². The molecule has 3 rings (SSSR count). The van der Waals surface area contributed by atoms with Crippen molar-refractivity contribution in [1.29, 1.82) is 0 Å². The number of hydrogen-bond donors (Lipinski definition) is 1. The lowest BCUT2D eigenvalue weighted by atomic mass is 10.0. The summed E-state index contributed by atoms with van der Waals surface area (Å²) in [7, 11) is 1.45. The van der Waals surface area contributed by atoms with Crippen molar-refractivity contribution in [2.45, 2.75) is 39.6 Å². The van der Waals surface area contributed by atoms with Gasteiger partial charge in [0.1, 0.15) is 12.4 Å².